The van der Waals surface area contributed by atoms with Crippen LogP contribution < -0.4 is 21.5 Å². The molecule has 0 unspecified atom stereocenters. The summed E-state index contributed by atoms with van der Waals surface area (Å²) in [5, 5.41) is 4.39. The van der Waals surface area contributed by atoms with E-state index in [9.17, 15) is 4.79 Å². The van der Waals surface area contributed by atoms with E-state index in [-0.39, 0.29) is 11.6 Å². The molecule has 1 atom stereocenters. The molecule has 1 aliphatic heterocycles. The highest BCUT2D eigenvalue weighted by molar-refractivity contribution is 5.97. The summed E-state index contributed by atoms with van der Waals surface area (Å²) in [6.07, 6.45) is 7.65. The van der Waals surface area contributed by atoms with Crippen molar-refractivity contribution in [3.8, 4) is 0 Å². The highest BCUT2D eigenvalue weighted by atomic mass is 16.1. The van der Waals surface area contributed by atoms with Crippen molar-refractivity contribution in [1.82, 2.24) is 19.1 Å². The lowest BCUT2D eigenvalue weighted by molar-refractivity contribution is 0.499. The molecule has 3 aromatic heterocycles. The summed E-state index contributed by atoms with van der Waals surface area (Å²) in [6, 6.07) is 10.2. The number of hydrogen-bond acceptors (Lipinski definition) is 6. The third-order valence-corrected chi connectivity index (χ3v) is 6.71. The lowest BCUT2D eigenvalue weighted by atomic mass is 10.1. The molecule has 8 nitrogen and oxygen atoms in total. The number of nitrogens with zero attached hydrogens (tertiary/aromatic N) is 5. The third kappa shape index (κ3) is 4.41. The Morgan fingerprint density at radius 3 is 2.89 bits per heavy atom. The van der Waals surface area contributed by atoms with Gasteiger partial charge in [-0.2, -0.15) is 0 Å². The second-order valence-corrected chi connectivity index (χ2v) is 9.59. The van der Waals surface area contributed by atoms with Crippen LogP contribution in [0.3, 0.4) is 0 Å². The second-order valence-electron chi connectivity index (χ2n) is 9.59. The standard InChI is InChI=1S/C27H33N7O/c1-18(2)10-13-34-25-23(24(29-3)26(34)32-12-5-7-21(28)16-32)31-17-33(27(25)35)15-19-8-9-22-20(14-19)6-4-11-30-22/h4,6,8-11,14,17,21,29H,5,7,12-13,15-16,28H2,1-3H3/t21-/m0/s1. The number of rotatable bonds is 6. The van der Waals surface area contributed by atoms with Gasteiger partial charge in [0.15, 0.2) is 0 Å². The minimum absolute atomic E-state index is 0.0486. The number of nitrogens with one attached hydrogen (secondary N) is 1. The SMILES string of the molecule is CNc1c(N2CCC[C@H](N)C2)n(CC=C(C)C)c2c(=O)n(Cc3ccc4ncccc4c3)cnc12. The average Bonchev–Trinajstić information content (AvgIpc) is 3.18. The summed E-state index contributed by atoms with van der Waals surface area (Å²) in [5.41, 5.74) is 11.7. The molecule has 1 aromatic carbocycles. The van der Waals surface area contributed by atoms with E-state index >= 15 is 0 Å². The Labute approximate surface area is 205 Å². The Hall–Kier alpha value is -3.65. The number of hydrogen-bond donors (Lipinski definition) is 2. The van der Waals surface area contributed by atoms with Gasteiger partial charge < -0.3 is 20.5 Å². The van der Waals surface area contributed by atoms with Crippen molar-refractivity contribution in [1.29, 1.82) is 0 Å². The van der Waals surface area contributed by atoms with E-state index in [4.69, 9.17) is 10.7 Å². The van der Waals surface area contributed by atoms with Crippen LogP contribution in [-0.2, 0) is 13.1 Å². The molecule has 3 N–H and O–H groups in total. The van der Waals surface area contributed by atoms with Crippen molar-refractivity contribution in [2.24, 2.45) is 5.73 Å². The van der Waals surface area contributed by atoms with E-state index in [2.05, 4.69) is 45.8 Å². The van der Waals surface area contributed by atoms with Crippen molar-refractivity contribution in [3.05, 3.63) is 70.4 Å². The fourth-order valence-electron chi connectivity index (χ4n) is 5.00. The molecular formula is C27H33N7O. The number of piperidine rings is 1. The first-order chi connectivity index (χ1) is 17.0. The van der Waals surface area contributed by atoms with Crippen LogP contribution >= 0.6 is 0 Å². The summed E-state index contributed by atoms with van der Waals surface area (Å²) in [7, 11) is 1.89. The van der Waals surface area contributed by atoms with Crippen LogP contribution in [-0.4, -0.2) is 45.3 Å². The molecular weight excluding hydrogens is 438 g/mol. The molecule has 0 aliphatic carbocycles. The van der Waals surface area contributed by atoms with Crippen molar-refractivity contribution in [3.63, 3.8) is 0 Å². The van der Waals surface area contributed by atoms with Gasteiger partial charge >= 0.3 is 0 Å². The highest BCUT2D eigenvalue weighted by Gasteiger charge is 2.27. The topological polar surface area (TPSA) is 94.0 Å². The summed E-state index contributed by atoms with van der Waals surface area (Å²) in [5.74, 6) is 0.995. The van der Waals surface area contributed by atoms with Gasteiger partial charge in [0.05, 0.1) is 18.4 Å². The Morgan fingerprint density at radius 2 is 2.11 bits per heavy atom. The monoisotopic (exact) mass is 471 g/mol. The smallest absolute Gasteiger partial charge is 0.278 e. The maximum Gasteiger partial charge on any atom is 0.278 e. The minimum atomic E-state index is -0.0486. The number of benzene rings is 1. The van der Waals surface area contributed by atoms with Gasteiger partial charge in [-0.15, -0.1) is 0 Å². The van der Waals surface area contributed by atoms with Gasteiger partial charge in [-0.1, -0.05) is 23.8 Å². The van der Waals surface area contributed by atoms with Crippen molar-refractivity contribution in [2.45, 2.75) is 45.8 Å². The van der Waals surface area contributed by atoms with Crippen LogP contribution in [0.4, 0.5) is 11.5 Å². The number of pyridine rings is 1. The first-order valence-corrected chi connectivity index (χ1v) is 12.2. The van der Waals surface area contributed by atoms with Crippen LogP contribution in [0.2, 0.25) is 0 Å². The highest BCUT2D eigenvalue weighted by Crippen LogP contribution is 2.36. The maximum atomic E-state index is 13.9. The third-order valence-electron chi connectivity index (χ3n) is 6.71. The first kappa shape index (κ1) is 23.1. The van der Waals surface area contributed by atoms with E-state index in [1.165, 1.54) is 5.57 Å². The van der Waals surface area contributed by atoms with Crippen LogP contribution in [0.15, 0.2) is 59.3 Å². The van der Waals surface area contributed by atoms with E-state index in [0.717, 1.165) is 53.9 Å². The molecule has 1 aliphatic rings. The lowest BCUT2D eigenvalue weighted by Gasteiger charge is -2.33. The van der Waals surface area contributed by atoms with Gasteiger partial charge in [0.25, 0.3) is 5.56 Å². The largest absolute Gasteiger partial charge is 0.383 e. The predicted molar refractivity (Wildman–Crippen MR) is 143 cm³/mol. The van der Waals surface area contributed by atoms with Gasteiger partial charge in [-0.05, 0) is 50.5 Å². The molecule has 0 amide bonds. The van der Waals surface area contributed by atoms with Crippen molar-refractivity contribution < 1.29 is 0 Å². The summed E-state index contributed by atoms with van der Waals surface area (Å²) < 4.78 is 3.81. The number of aromatic nitrogens is 4. The molecule has 1 saturated heterocycles. The van der Waals surface area contributed by atoms with Crippen molar-refractivity contribution in [2.75, 3.05) is 30.4 Å². The fourth-order valence-corrected chi connectivity index (χ4v) is 5.00. The zero-order valence-electron chi connectivity index (χ0n) is 20.7. The quantitative estimate of drug-likeness (QED) is 0.416. The summed E-state index contributed by atoms with van der Waals surface area (Å²) in [6.45, 7) is 6.87. The van der Waals surface area contributed by atoms with Gasteiger partial charge in [0.2, 0.25) is 0 Å². The molecule has 0 saturated carbocycles. The molecule has 4 aromatic rings. The van der Waals surface area contributed by atoms with E-state index in [1.807, 2.05) is 31.3 Å². The number of anilines is 2. The normalized spacial score (nSPS) is 16.1. The number of allylic oxidation sites excluding steroid dienone is 2. The predicted octanol–water partition coefficient (Wildman–Crippen LogP) is 3.73. The zero-order chi connectivity index (χ0) is 24.5. The number of nitrogens with two attached hydrogens (primary N) is 1. The zero-order valence-corrected chi connectivity index (χ0v) is 20.7. The Balaban J connectivity index is 1.65. The van der Waals surface area contributed by atoms with Crippen LogP contribution in [0.1, 0.15) is 32.3 Å². The van der Waals surface area contributed by atoms with Crippen LogP contribution in [0.25, 0.3) is 21.9 Å². The molecule has 0 radical (unpaired) electrons. The Kier molecular flexibility index (Phi) is 6.30. The average molecular weight is 472 g/mol. The van der Waals surface area contributed by atoms with Gasteiger partial charge in [0, 0.05) is 44.3 Å². The van der Waals surface area contributed by atoms with Gasteiger partial charge in [-0.3, -0.25) is 14.3 Å². The Bertz CT molecular complexity index is 1460. The molecule has 182 valence electrons. The summed E-state index contributed by atoms with van der Waals surface area (Å²) in [4.78, 5) is 25.4. The van der Waals surface area contributed by atoms with E-state index < -0.39 is 0 Å². The van der Waals surface area contributed by atoms with E-state index in [1.54, 1.807) is 17.1 Å². The summed E-state index contributed by atoms with van der Waals surface area (Å²) >= 11 is 0. The van der Waals surface area contributed by atoms with Crippen molar-refractivity contribution >= 4 is 33.4 Å². The molecule has 1 fully saturated rings. The Morgan fingerprint density at radius 1 is 1.26 bits per heavy atom. The van der Waals surface area contributed by atoms with Gasteiger partial charge in [-0.25, -0.2) is 4.98 Å². The second kappa shape index (κ2) is 9.54. The lowest BCUT2D eigenvalue weighted by Crippen LogP contribution is -2.43. The molecule has 5 rings (SSSR count). The van der Waals surface area contributed by atoms with E-state index in [0.29, 0.717) is 24.1 Å². The maximum absolute atomic E-state index is 13.9. The molecule has 35 heavy (non-hydrogen) atoms. The first-order valence-electron chi connectivity index (χ1n) is 12.2. The molecule has 0 spiro atoms. The van der Waals surface area contributed by atoms with Crippen LogP contribution in [0, 0.1) is 0 Å². The minimum Gasteiger partial charge on any atom is -0.383 e. The van der Waals surface area contributed by atoms with Gasteiger partial charge in [0.1, 0.15) is 22.5 Å². The molecule has 8 heteroatoms. The van der Waals surface area contributed by atoms with Crippen LogP contribution in [0.5, 0.6) is 0 Å². The number of fused-ring (bicyclic) bond motifs is 2. The molecule has 4 heterocycles. The fraction of sp³-hybridized carbons (Fsp3) is 0.370. The molecule has 0 bridgehead atoms.